The maximum atomic E-state index is 6.04. The number of benzene rings is 1. The number of hydrogen-bond donors (Lipinski definition) is 1. The highest BCUT2D eigenvalue weighted by Crippen LogP contribution is 2.36. The third kappa shape index (κ3) is 2.39. The summed E-state index contributed by atoms with van der Waals surface area (Å²) in [6, 6.07) is 9.63. The summed E-state index contributed by atoms with van der Waals surface area (Å²) < 4.78 is 0. The number of nitrogens with zero attached hydrogens (tertiary/aromatic N) is 3. The zero-order valence-corrected chi connectivity index (χ0v) is 12.4. The van der Waals surface area contributed by atoms with E-state index in [1.165, 1.54) is 11.8 Å². The third-order valence-corrected chi connectivity index (χ3v) is 4.24. The predicted molar refractivity (Wildman–Crippen MR) is 84.8 cm³/mol. The van der Waals surface area contributed by atoms with Gasteiger partial charge < -0.3 is 5.73 Å². The molecule has 0 aliphatic heterocycles. The van der Waals surface area contributed by atoms with Crippen molar-refractivity contribution in [2.24, 2.45) is 0 Å². The number of thiazole rings is 1. The summed E-state index contributed by atoms with van der Waals surface area (Å²) in [6.07, 6.45) is 3.73. The molecule has 2 heterocycles. The first-order chi connectivity index (χ1) is 9.79. The van der Waals surface area contributed by atoms with Crippen LogP contribution in [0.1, 0.15) is 0 Å². The number of thioether (sulfide) groups is 1. The first-order valence-corrected chi connectivity index (χ1v) is 8.06. The van der Waals surface area contributed by atoms with Crippen LogP contribution in [-0.2, 0) is 0 Å². The Morgan fingerprint density at radius 2 is 2.00 bits per heavy atom. The molecule has 4 nitrogen and oxygen atoms in total. The Morgan fingerprint density at radius 1 is 1.15 bits per heavy atom. The molecule has 0 saturated heterocycles. The molecule has 0 bridgehead atoms. The Kier molecular flexibility index (Phi) is 3.66. The monoisotopic (exact) mass is 300 g/mol. The Bertz CT molecular complexity index is 739. The van der Waals surface area contributed by atoms with Crippen molar-refractivity contribution in [1.82, 2.24) is 15.0 Å². The minimum absolute atomic E-state index is 0.721. The van der Waals surface area contributed by atoms with Gasteiger partial charge in [-0.25, -0.2) is 15.0 Å². The van der Waals surface area contributed by atoms with Crippen molar-refractivity contribution in [1.29, 1.82) is 0 Å². The highest BCUT2D eigenvalue weighted by Gasteiger charge is 2.14. The molecule has 2 N–H and O–H groups in total. The molecule has 0 amide bonds. The molecular formula is C14H12N4S2. The van der Waals surface area contributed by atoms with Crippen molar-refractivity contribution >= 4 is 28.8 Å². The van der Waals surface area contributed by atoms with Crippen molar-refractivity contribution in [2.45, 2.75) is 5.16 Å². The number of anilines is 1. The molecule has 0 spiro atoms. The molecule has 0 atom stereocenters. The zero-order chi connectivity index (χ0) is 13.9. The van der Waals surface area contributed by atoms with Gasteiger partial charge in [0.1, 0.15) is 0 Å². The van der Waals surface area contributed by atoms with E-state index in [2.05, 4.69) is 15.0 Å². The van der Waals surface area contributed by atoms with Gasteiger partial charge in [-0.15, -0.1) is 11.3 Å². The number of para-hydroxylation sites is 1. The maximum absolute atomic E-state index is 6.04. The lowest BCUT2D eigenvalue weighted by molar-refractivity contribution is 0.978. The molecule has 3 aromatic rings. The van der Waals surface area contributed by atoms with Crippen LogP contribution in [0.5, 0.6) is 0 Å². The van der Waals surface area contributed by atoms with Crippen LogP contribution in [0.15, 0.2) is 47.2 Å². The molecule has 0 unspecified atom stereocenters. The average Bonchev–Trinajstić information content (AvgIpc) is 2.97. The molecular weight excluding hydrogens is 288 g/mol. The van der Waals surface area contributed by atoms with Crippen LogP contribution in [0, 0.1) is 0 Å². The molecule has 0 aliphatic carbocycles. The number of nitrogen functional groups attached to an aromatic ring is 1. The molecule has 100 valence electrons. The summed E-state index contributed by atoms with van der Waals surface area (Å²) in [5.74, 6) is 0. The van der Waals surface area contributed by atoms with E-state index in [-0.39, 0.29) is 0 Å². The molecule has 0 fully saturated rings. The van der Waals surface area contributed by atoms with Gasteiger partial charge in [0.15, 0.2) is 5.16 Å². The Balaban J connectivity index is 2.13. The first-order valence-electron chi connectivity index (χ1n) is 5.95. The Hall–Kier alpha value is -1.92. The van der Waals surface area contributed by atoms with Gasteiger partial charge >= 0.3 is 0 Å². The van der Waals surface area contributed by atoms with Gasteiger partial charge in [-0.05, 0) is 18.4 Å². The van der Waals surface area contributed by atoms with Crippen molar-refractivity contribution in [3.8, 4) is 21.8 Å². The number of aromatic nitrogens is 3. The van der Waals surface area contributed by atoms with Crippen LogP contribution < -0.4 is 5.73 Å². The van der Waals surface area contributed by atoms with E-state index in [1.54, 1.807) is 17.5 Å². The fraction of sp³-hybridized carbons (Fsp3) is 0.0714. The molecule has 0 radical (unpaired) electrons. The Morgan fingerprint density at radius 3 is 2.80 bits per heavy atom. The highest BCUT2D eigenvalue weighted by molar-refractivity contribution is 7.98. The van der Waals surface area contributed by atoms with Gasteiger partial charge in [0.2, 0.25) is 0 Å². The van der Waals surface area contributed by atoms with Crippen molar-refractivity contribution in [3.63, 3.8) is 0 Å². The van der Waals surface area contributed by atoms with E-state index in [0.29, 0.717) is 0 Å². The van der Waals surface area contributed by atoms with Crippen LogP contribution in [0.3, 0.4) is 0 Å². The average molecular weight is 300 g/mol. The number of nitrogens with two attached hydrogens (primary N) is 1. The van der Waals surface area contributed by atoms with Crippen LogP contribution in [0.2, 0.25) is 0 Å². The van der Waals surface area contributed by atoms with E-state index >= 15 is 0 Å². The molecule has 20 heavy (non-hydrogen) atoms. The minimum Gasteiger partial charge on any atom is -0.398 e. The summed E-state index contributed by atoms with van der Waals surface area (Å²) in [7, 11) is 0. The molecule has 2 aromatic heterocycles. The lowest BCUT2D eigenvalue weighted by atomic mass is 10.1. The lowest BCUT2D eigenvalue weighted by Crippen LogP contribution is -1.92. The fourth-order valence-electron chi connectivity index (χ4n) is 1.90. The van der Waals surface area contributed by atoms with Crippen LogP contribution in [-0.4, -0.2) is 21.2 Å². The quantitative estimate of drug-likeness (QED) is 0.455. The van der Waals surface area contributed by atoms with E-state index in [4.69, 9.17) is 5.73 Å². The van der Waals surface area contributed by atoms with Crippen LogP contribution in [0.25, 0.3) is 21.8 Å². The minimum atomic E-state index is 0.721. The van der Waals surface area contributed by atoms with Gasteiger partial charge in [-0.2, -0.15) is 0 Å². The highest BCUT2D eigenvalue weighted by atomic mass is 32.2. The third-order valence-electron chi connectivity index (χ3n) is 2.83. The summed E-state index contributed by atoms with van der Waals surface area (Å²) in [4.78, 5) is 14.2. The SMILES string of the molecule is CSc1nccc(-c2scnc2-c2ccccc2N)n1. The maximum Gasteiger partial charge on any atom is 0.187 e. The normalized spacial score (nSPS) is 10.7. The molecule has 0 aliphatic rings. The molecule has 1 aromatic carbocycles. The summed E-state index contributed by atoms with van der Waals surface area (Å²) in [5, 5.41) is 0.753. The summed E-state index contributed by atoms with van der Waals surface area (Å²) in [6.45, 7) is 0. The molecule has 6 heteroatoms. The van der Waals surface area contributed by atoms with Gasteiger partial charge in [-0.3, -0.25) is 0 Å². The van der Waals surface area contributed by atoms with E-state index < -0.39 is 0 Å². The smallest absolute Gasteiger partial charge is 0.187 e. The van der Waals surface area contributed by atoms with Gasteiger partial charge in [0.05, 0.1) is 21.8 Å². The number of hydrogen-bond acceptors (Lipinski definition) is 6. The Labute approximate surface area is 125 Å². The van der Waals surface area contributed by atoms with Crippen LogP contribution >= 0.6 is 23.1 Å². The largest absolute Gasteiger partial charge is 0.398 e. The van der Waals surface area contributed by atoms with E-state index in [0.717, 1.165) is 32.7 Å². The topological polar surface area (TPSA) is 64.7 Å². The summed E-state index contributed by atoms with van der Waals surface area (Å²) in [5.41, 5.74) is 11.3. The predicted octanol–water partition coefficient (Wildman–Crippen LogP) is 3.57. The zero-order valence-electron chi connectivity index (χ0n) is 10.8. The van der Waals surface area contributed by atoms with E-state index in [9.17, 15) is 0 Å². The second-order valence-corrected chi connectivity index (χ2v) is 5.67. The second kappa shape index (κ2) is 5.60. The first kappa shape index (κ1) is 13.1. The van der Waals surface area contributed by atoms with E-state index in [1.807, 2.05) is 42.1 Å². The fourth-order valence-corrected chi connectivity index (χ4v) is 3.03. The number of rotatable bonds is 3. The van der Waals surface area contributed by atoms with Gasteiger partial charge in [-0.1, -0.05) is 30.0 Å². The van der Waals surface area contributed by atoms with Crippen molar-refractivity contribution in [2.75, 3.05) is 12.0 Å². The second-order valence-electron chi connectivity index (χ2n) is 4.05. The molecule has 0 saturated carbocycles. The van der Waals surface area contributed by atoms with Crippen molar-refractivity contribution < 1.29 is 0 Å². The van der Waals surface area contributed by atoms with Crippen molar-refractivity contribution in [3.05, 3.63) is 42.0 Å². The standard InChI is InChI=1S/C14H12N4S2/c1-19-14-16-7-6-11(18-14)13-12(17-8-20-13)9-4-2-3-5-10(9)15/h2-8H,15H2,1H3. The van der Waals surface area contributed by atoms with Crippen LogP contribution in [0.4, 0.5) is 5.69 Å². The van der Waals surface area contributed by atoms with Gasteiger partial charge in [0, 0.05) is 17.4 Å². The van der Waals surface area contributed by atoms with Gasteiger partial charge in [0.25, 0.3) is 0 Å². The lowest BCUT2D eigenvalue weighted by Gasteiger charge is -2.05. The summed E-state index contributed by atoms with van der Waals surface area (Å²) >= 11 is 3.08. The molecule has 3 rings (SSSR count).